The van der Waals surface area contributed by atoms with Crippen LogP contribution in [-0.2, 0) is 9.53 Å². The minimum absolute atomic E-state index is 0.103. The number of esters is 1. The van der Waals surface area contributed by atoms with E-state index in [-0.39, 0.29) is 6.61 Å². The van der Waals surface area contributed by atoms with E-state index in [1.807, 2.05) is 0 Å². The SMILES string of the molecule is O=C(OCCCC(C1CC1)C1CC1)C(F)(F)F. The number of hydrogen-bond donors (Lipinski definition) is 0. The second kappa shape index (κ2) is 4.86. The predicted molar refractivity (Wildman–Crippen MR) is 55.2 cm³/mol. The first-order valence-electron chi connectivity index (χ1n) is 6.22. The van der Waals surface area contributed by atoms with Gasteiger partial charge in [0.15, 0.2) is 0 Å². The lowest BCUT2D eigenvalue weighted by molar-refractivity contribution is -0.199. The molecular formula is C12H17F3O2. The second-order valence-electron chi connectivity index (χ2n) is 5.11. The molecule has 0 aromatic heterocycles. The Hall–Kier alpha value is -0.740. The van der Waals surface area contributed by atoms with Gasteiger partial charge in [-0.3, -0.25) is 0 Å². The number of carbonyl (C=O) groups is 1. The van der Waals surface area contributed by atoms with Crippen LogP contribution in [0, 0.1) is 17.8 Å². The van der Waals surface area contributed by atoms with Gasteiger partial charge in [0, 0.05) is 0 Å². The molecule has 0 amide bonds. The lowest BCUT2D eigenvalue weighted by Gasteiger charge is -2.15. The molecule has 0 aromatic carbocycles. The highest BCUT2D eigenvalue weighted by Gasteiger charge is 2.42. The molecule has 2 rings (SSSR count). The molecule has 5 heteroatoms. The van der Waals surface area contributed by atoms with Crippen molar-refractivity contribution < 1.29 is 22.7 Å². The van der Waals surface area contributed by atoms with E-state index in [1.54, 1.807) is 0 Å². The largest absolute Gasteiger partial charge is 0.490 e. The molecule has 0 N–H and O–H groups in total. The topological polar surface area (TPSA) is 26.3 Å². The minimum atomic E-state index is -4.85. The lowest BCUT2D eigenvalue weighted by Crippen LogP contribution is -2.25. The molecule has 0 bridgehead atoms. The van der Waals surface area contributed by atoms with E-state index < -0.39 is 12.1 Å². The average molecular weight is 250 g/mol. The second-order valence-corrected chi connectivity index (χ2v) is 5.11. The molecule has 0 unspecified atom stereocenters. The van der Waals surface area contributed by atoms with Gasteiger partial charge in [-0.15, -0.1) is 0 Å². The van der Waals surface area contributed by atoms with Crippen molar-refractivity contribution in [3.05, 3.63) is 0 Å². The Morgan fingerprint density at radius 1 is 1.18 bits per heavy atom. The first-order chi connectivity index (χ1) is 7.98. The molecular weight excluding hydrogens is 233 g/mol. The van der Waals surface area contributed by atoms with Gasteiger partial charge in [0.2, 0.25) is 0 Å². The van der Waals surface area contributed by atoms with Crippen LogP contribution < -0.4 is 0 Å². The van der Waals surface area contributed by atoms with Crippen molar-refractivity contribution in [1.82, 2.24) is 0 Å². The highest BCUT2D eigenvalue weighted by Crippen LogP contribution is 2.51. The van der Waals surface area contributed by atoms with Gasteiger partial charge in [-0.05, 0) is 56.3 Å². The molecule has 0 aromatic rings. The fraction of sp³-hybridized carbons (Fsp3) is 0.917. The molecule has 98 valence electrons. The maximum atomic E-state index is 11.8. The van der Waals surface area contributed by atoms with E-state index in [0.717, 1.165) is 18.3 Å². The molecule has 0 aliphatic heterocycles. The Morgan fingerprint density at radius 2 is 1.71 bits per heavy atom. The smallest absolute Gasteiger partial charge is 0.459 e. The lowest BCUT2D eigenvalue weighted by atomic mass is 9.93. The van der Waals surface area contributed by atoms with Crippen LogP contribution in [0.4, 0.5) is 13.2 Å². The van der Waals surface area contributed by atoms with Crippen molar-refractivity contribution in [3.8, 4) is 0 Å². The Morgan fingerprint density at radius 3 is 2.12 bits per heavy atom. The van der Waals surface area contributed by atoms with Gasteiger partial charge in [-0.25, -0.2) is 4.79 Å². The zero-order valence-corrected chi connectivity index (χ0v) is 9.63. The number of alkyl halides is 3. The molecule has 0 atom stereocenters. The zero-order valence-electron chi connectivity index (χ0n) is 9.63. The van der Waals surface area contributed by atoms with E-state index in [0.29, 0.717) is 12.3 Å². The minimum Gasteiger partial charge on any atom is -0.459 e. The van der Waals surface area contributed by atoms with Gasteiger partial charge in [0.1, 0.15) is 0 Å². The molecule has 2 aliphatic carbocycles. The standard InChI is InChI=1S/C12H17F3O2/c13-12(14,15)11(16)17-7-1-2-10(8-3-4-8)9-5-6-9/h8-10H,1-7H2. The van der Waals surface area contributed by atoms with Gasteiger partial charge >= 0.3 is 12.1 Å². The van der Waals surface area contributed by atoms with Crippen LogP contribution in [0.25, 0.3) is 0 Å². The third-order valence-electron chi connectivity index (χ3n) is 3.60. The molecule has 17 heavy (non-hydrogen) atoms. The van der Waals surface area contributed by atoms with Crippen LogP contribution in [-0.4, -0.2) is 18.8 Å². The highest BCUT2D eigenvalue weighted by molar-refractivity contribution is 5.75. The van der Waals surface area contributed by atoms with Gasteiger partial charge in [-0.1, -0.05) is 0 Å². The van der Waals surface area contributed by atoms with E-state index in [4.69, 9.17) is 0 Å². The fourth-order valence-corrected chi connectivity index (χ4v) is 2.47. The molecule has 2 nitrogen and oxygen atoms in total. The number of ether oxygens (including phenoxy) is 1. The Balaban J connectivity index is 1.60. The van der Waals surface area contributed by atoms with Crippen molar-refractivity contribution >= 4 is 5.97 Å². The molecule has 2 fully saturated rings. The van der Waals surface area contributed by atoms with Crippen LogP contribution >= 0.6 is 0 Å². The summed E-state index contributed by atoms with van der Waals surface area (Å²) >= 11 is 0. The monoisotopic (exact) mass is 250 g/mol. The van der Waals surface area contributed by atoms with Crippen molar-refractivity contribution in [1.29, 1.82) is 0 Å². The van der Waals surface area contributed by atoms with Crippen LogP contribution in [0.2, 0.25) is 0 Å². The van der Waals surface area contributed by atoms with E-state index in [2.05, 4.69) is 4.74 Å². The van der Waals surface area contributed by atoms with Crippen molar-refractivity contribution in [3.63, 3.8) is 0 Å². The summed E-state index contributed by atoms with van der Waals surface area (Å²) in [5, 5.41) is 0. The summed E-state index contributed by atoms with van der Waals surface area (Å²) in [7, 11) is 0. The third kappa shape index (κ3) is 3.89. The van der Waals surface area contributed by atoms with Crippen LogP contribution in [0.1, 0.15) is 38.5 Å². The van der Waals surface area contributed by atoms with Crippen molar-refractivity contribution in [2.45, 2.75) is 44.7 Å². The molecule has 2 saturated carbocycles. The average Bonchev–Trinajstić information content (AvgIpc) is 3.10. The Bertz CT molecular complexity index is 268. The predicted octanol–water partition coefficient (Wildman–Crippen LogP) is 3.31. The van der Waals surface area contributed by atoms with Crippen molar-refractivity contribution in [2.24, 2.45) is 17.8 Å². The highest BCUT2D eigenvalue weighted by atomic mass is 19.4. The molecule has 0 spiro atoms. The van der Waals surface area contributed by atoms with Crippen LogP contribution in [0.5, 0.6) is 0 Å². The number of halogens is 3. The zero-order chi connectivity index (χ0) is 12.5. The summed E-state index contributed by atoms with van der Waals surface area (Å²) < 4.78 is 39.7. The molecule has 0 saturated heterocycles. The van der Waals surface area contributed by atoms with Gasteiger partial charge in [-0.2, -0.15) is 13.2 Å². The van der Waals surface area contributed by atoms with E-state index >= 15 is 0 Å². The maximum absolute atomic E-state index is 11.8. The van der Waals surface area contributed by atoms with Crippen LogP contribution in [0.15, 0.2) is 0 Å². The quantitative estimate of drug-likeness (QED) is 0.534. The summed E-state index contributed by atoms with van der Waals surface area (Å²) in [4.78, 5) is 10.5. The Labute approximate surface area is 98.5 Å². The van der Waals surface area contributed by atoms with E-state index in [1.165, 1.54) is 25.7 Å². The number of carbonyl (C=O) groups excluding carboxylic acids is 1. The number of hydrogen-bond acceptors (Lipinski definition) is 2. The van der Waals surface area contributed by atoms with Gasteiger partial charge < -0.3 is 4.74 Å². The summed E-state index contributed by atoms with van der Waals surface area (Å²) in [5.41, 5.74) is 0. The van der Waals surface area contributed by atoms with Crippen molar-refractivity contribution in [2.75, 3.05) is 6.61 Å². The normalized spacial score (nSPS) is 20.7. The molecule has 0 heterocycles. The maximum Gasteiger partial charge on any atom is 0.490 e. The first kappa shape index (κ1) is 12.7. The summed E-state index contributed by atoms with van der Waals surface area (Å²) in [6.45, 7) is -0.103. The van der Waals surface area contributed by atoms with Crippen LogP contribution in [0.3, 0.4) is 0 Å². The summed E-state index contributed by atoms with van der Waals surface area (Å²) in [6.07, 6.45) is 1.67. The summed E-state index contributed by atoms with van der Waals surface area (Å²) in [6, 6.07) is 0. The Kier molecular flexibility index (Phi) is 3.64. The number of rotatable bonds is 6. The fourth-order valence-electron chi connectivity index (χ4n) is 2.47. The first-order valence-corrected chi connectivity index (χ1v) is 6.22. The summed E-state index contributed by atoms with van der Waals surface area (Å²) in [5.74, 6) is 0.188. The molecule has 0 radical (unpaired) electrons. The van der Waals surface area contributed by atoms with Gasteiger partial charge in [0.25, 0.3) is 0 Å². The third-order valence-corrected chi connectivity index (χ3v) is 3.60. The van der Waals surface area contributed by atoms with Gasteiger partial charge in [0.05, 0.1) is 6.61 Å². The molecule has 2 aliphatic rings. The van der Waals surface area contributed by atoms with E-state index in [9.17, 15) is 18.0 Å².